The van der Waals surface area contributed by atoms with Gasteiger partial charge in [-0.3, -0.25) is 9.59 Å². The van der Waals surface area contributed by atoms with Crippen molar-refractivity contribution in [1.82, 2.24) is 10.6 Å². The second kappa shape index (κ2) is 9.85. The fourth-order valence-electron chi connectivity index (χ4n) is 2.09. The van der Waals surface area contributed by atoms with E-state index in [1.165, 1.54) is 11.8 Å². The number of nitrogens with one attached hydrogen (secondary N) is 2. The number of hydrogen-bond acceptors (Lipinski definition) is 3. The van der Waals surface area contributed by atoms with Crippen LogP contribution in [0.4, 0.5) is 0 Å². The minimum absolute atomic E-state index is 0.0701. The number of thioether (sulfide) groups is 1. The predicted octanol–water partition coefficient (Wildman–Crippen LogP) is 4.05. The minimum Gasteiger partial charge on any atom is -0.354 e. The third-order valence-corrected chi connectivity index (χ3v) is 5.35. The zero-order valence-corrected chi connectivity index (χ0v) is 16.8. The minimum atomic E-state index is -0.250. The monoisotopic (exact) mass is 440 g/mol. The summed E-state index contributed by atoms with van der Waals surface area (Å²) in [5, 5.41) is 5.93. The van der Waals surface area contributed by atoms with Gasteiger partial charge in [-0.05, 0) is 42.8 Å². The summed E-state index contributed by atoms with van der Waals surface area (Å²) in [6.07, 6.45) is 0. The largest absolute Gasteiger partial charge is 0.354 e. The van der Waals surface area contributed by atoms with Gasteiger partial charge in [0.2, 0.25) is 5.91 Å². The van der Waals surface area contributed by atoms with E-state index in [0.29, 0.717) is 29.4 Å². The molecule has 0 saturated heterocycles. The van der Waals surface area contributed by atoms with Gasteiger partial charge in [0.15, 0.2) is 0 Å². The van der Waals surface area contributed by atoms with Gasteiger partial charge in [0.05, 0.1) is 16.3 Å². The van der Waals surface area contributed by atoms with Gasteiger partial charge in [-0.1, -0.05) is 39.7 Å². The van der Waals surface area contributed by atoms with Gasteiger partial charge in [-0.15, -0.1) is 11.8 Å². The van der Waals surface area contributed by atoms with Crippen molar-refractivity contribution in [3.63, 3.8) is 0 Å². The second-order valence-corrected chi connectivity index (χ2v) is 7.62. The number of amides is 2. The molecule has 0 fully saturated rings. The third kappa shape index (κ3) is 6.38. The van der Waals surface area contributed by atoms with Gasteiger partial charge in [0.25, 0.3) is 5.91 Å². The van der Waals surface area contributed by atoms with E-state index in [9.17, 15) is 9.59 Å². The molecule has 2 amide bonds. The molecule has 0 aromatic heterocycles. The summed E-state index contributed by atoms with van der Waals surface area (Å²) in [5.41, 5.74) is 1.55. The Morgan fingerprint density at radius 2 is 1.84 bits per heavy atom. The van der Waals surface area contributed by atoms with Crippen molar-refractivity contribution in [1.29, 1.82) is 0 Å². The number of rotatable bonds is 7. The van der Waals surface area contributed by atoms with Gasteiger partial charge in [0.1, 0.15) is 0 Å². The molecule has 25 heavy (non-hydrogen) atoms. The molecule has 0 saturated carbocycles. The summed E-state index contributed by atoms with van der Waals surface area (Å²) < 4.78 is 1.02. The molecule has 132 valence electrons. The van der Waals surface area contributed by atoms with E-state index in [2.05, 4.69) is 26.6 Å². The number of benzene rings is 2. The molecule has 0 radical (unpaired) electrons. The van der Waals surface area contributed by atoms with Crippen LogP contribution >= 0.6 is 39.3 Å². The van der Waals surface area contributed by atoms with Crippen LogP contribution in [-0.2, 0) is 4.79 Å². The van der Waals surface area contributed by atoms with Crippen molar-refractivity contribution in [3.8, 4) is 0 Å². The van der Waals surface area contributed by atoms with E-state index in [4.69, 9.17) is 11.6 Å². The molecule has 0 aliphatic heterocycles. The van der Waals surface area contributed by atoms with Crippen molar-refractivity contribution >= 4 is 51.1 Å². The lowest BCUT2D eigenvalue weighted by Crippen LogP contribution is -2.35. The highest BCUT2D eigenvalue weighted by molar-refractivity contribution is 9.10. The maximum absolute atomic E-state index is 12.0. The number of hydrogen-bond donors (Lipinski definition) is 2. The molecular weight excluding hydrogens is 424 g/mol. The quantitative estimate of drug-likeness (QED) is 0.503. The Morgan fingerprint density at radius 1 is 1.12 bits per heavy atom. The van der Waals surface area contributed by atoms with Crippen LogP contribution in [0.25, 0.3) is 0 Å². The first-order valence-electron chi connectivity index (χ1n) is 7.66. The van der Waals surface area contributed by atoms with Crippen molar-refractivity contribution in [2.24, 2.45) is 0 Å². The molecule has 0 heterocycles. The molecule has 0 bridgehead atoms. The normalized spacial score (nSPS) is 10.4. The molecule has 0 unspecified atom stereocenters. The van der Waals surface area contributed by atoms with Crippen LogP contribution in [0.1, 0.15) is 15.9 Å². The van der Waals surface area contributed by atoms with Crippen molar-refractivity contribution in [3.05, 3.63) is 63.1 Å². The van der Waals surface area contributed by atoms with Gasteiger partial charge in [-0.25, -0.2) is 0 Å². The summed E-state index contributed by atoms with van der Waals surface area (Å²) in [6, 6.07) is 12.8. The smallest absolute Gasteiger partial charge is 0.252 e. The molecule has 0 atom stereocenters. The Kier molecular flexibility index (Phi) is 7.81. The predicted molar refractivity (Wildman–Crippen MR) is 106 cm³/mol. The molecule has 7 heteroatoms. The molecule has 2 aromatic carbocycles. The summed E-state index contributed by atoms with van der Waals surface area (Å²) in [5.74, 6) is 0.0139. The first-order chi connectivity index (χ1) is 12.0. The first kappa shape index (κ1) is 19.8. The molecule has 0 aliphatic rings. The lowest BCUT2D eigenvalue weighted by Gasteiger charge is -2.09. The Morgan fingerprint density at radius 3 is 2.56 bits per heavy atom. The zero-order valence-electron chi connectivity index (χ0n) is 13.6. The third-order valence-electron chi connectivity index (χ3n) is 3.35. The maximum atomic E-state index is 12.0. The van der Waals surface area contributed by atoms with E-state index in [0.717, 1.165) is 14.9 Å². The fourth-order valence-corrected chi connectivity index (χ4v) is 3.62. The molecule has 2 rings (SSSR count). The first-order valence-corrected chi connectivity index (χ1v) is 9.81. The van der Waals surface area contributed by atoms with Crippen LogP contribution in [0, 0.1) is 6.92 Å². The van der Waals surface area contributed by atoms with E-state index in [1.54, 1.807) is 24.3 Å². The maximum Gasteiger partial charge on any atom is 0.252 e. The standard InChI is InChI=1S/C18H18BrClN2O2S/c1-12-10-13(19)6-7-16(12)25-11-17(23)21-8-9-22-18(24)14-4-2-3-5-15(14)20/h2-7,10H,8-9,11H2,1H3,(H,21,23)(H,22,24). The highest BCUT2D eigenvalue weighted by Gasteiger charge is 2.09. The lowest BCUT2D eigenvalue weighted by atomic mass is 10.2. The molecule has 2 aromatic rings. The Balaban J connectivity index is 1.68. The van der Waals surface area contributed by atoms with Crippen LogP contribution in [0.15, 0.2) is 51.8 Å². The average Bonchev–Trinajstić information content (AvgIpc) is 2.58. The van der Waals surface area contributed by atoms with Crippen LogP contribution in [-0.4, -0.2) is 30.7 Å². The summed E-state index contributed by atoms with van der Waals surface area (Å²) >= 11 is 10.9. The van der Waals surface area contributed by atoms with Crippen molar-refractivity contribution in [2.75, 3.05) is 18.8 Å². The van der Waals surface area contributed by atoms with Gasteiger partial charge < -0.3 is 10.6 Å². The highest BCUT2D eigenvalue weighted by atomic mass is 79.9. The van der Waals surface area contributed by atoms with E-state index in [-0.39, 0.29) is 11.8 Å². The van der Waals surface area contributed by atoms with Crippen LogP contribution < -0.4 is 10.6 Å². The average molecular weight is 442 g/mol. The summed E-state index contributed by atoms with van der Waals surface area (Å²) in [6.45, 7) is 2.72. The van der Waals surface area contributed by atoms with E-state index < -0.39 is 0 Å². The zero-order chi connectivity index (χ0) is 18.2. The Hall–Kier alpha value is -1.50. The van der Waals surface area contributed by atoms with Gasteiger partial charge >= 0.3 is 0 Å². The highest BCUT2D eigenvalue weighted by Crippen LogP contribution is 2.25. The SMILES string of the molecule is Cc1cc(Br)ccc1SCC(=O)NCCNC(=O)c1ccccc1Cl. The van der Waals surface area contributed by atoms with Crippen LogP contribution in [0.2, 0.25) is 5.02 Å². The number of carbonyl (C=O) groups is 2. The molecular formula is C18H18BrClN2O2S. The van der Waals surface area contributed by atoms with Gasteiger partial charge in [-0.2, -0.15) is 0 Å². The van der Waals surface area contributed by atoms with Crippen molar-refractivity contribution in [2.45, 2.75) is 11.8 Å². The number of carbonyl (C=O) groups excluding carboxylic acids is 2. The molecule has 4 nitrogen and oxygen atoms in total. The van der Waals surface area contributed by atoms with Gasteiger partial charge in [0, 0.05) is 22.5 Å². The number of halogens is 2. The Labute approximate surface area is 164 Å². The lowest BCUT2D eigenvalue weighted by molar-refractivity contribution is -0.118. The second-order valence-electron chi connectivity index (χ2n) is 5.28. The van der Waals surface area contributed by atoms with E-state index >= 15 is 0 Å². The topological polar surface area (TPSA) is 58.2 Å². The summed E-state index contributed by atoms with van der Waals surface area (Å²) in [7, 11) is 0. The molecule has 0 aliphatic carbocycles. The molecule has 0 spiro atoms. The molecule has 2 N–H and O–H groups in total. The van der Waals surface area contributed by atoms with Crippen LogP contribution in [0.5, 0.6) is 0 Å². The van der Waals surface area contributed by atoms with Crippen molar-refractivity contribution < 1.29 is 9.59 Å². The summed E-state index contributed by atoms with van der Waals surface area (Å²) in [4.78, 5) is 24.9. The van der Waals surface area contributed by atoms with Crippen LogP contribution in [0.3, 0.4) is 0 Å². The fraction of sp³-hybridized carbons (Fsp3) is 0.222. The van der Waals surface area contributed by atoms with E-state index in [1.807, 2.05) is 25.1 Å². The number of aryl methyl sites for hydroxylation is 1. The Bertz CT molecular complexity index is 770.